The molecule has 20 heavy (non-hydrogen) atoms. The number of alkyl halides is 1. The molecule has 1 aromatic carbocycles. The summed E-state index contributed by atoms with van der Waals surface area (Å²) in [6, 6.07) is 1.85. The summed E-state index contributed by atoms with van der Waals surface area (Å²) in [6.45, 7) is 0. The lowest BCUT2D eigenvalue weighted by Gasteiger charge is -2.12. The van der Waals surface area contributed by atoms with Crippen LogP contribution in [0, 0.1) is 0 Å². The van der Waals surface area contributed by atoms with Crippen molar-refractivity contribution in [1.82, 2.24) is 0 Å². The fourth-order valence-corrected chi connectivity index (χ4v) is 5.51. The van der Waals surface area contributed by atoms with Crippen molar-refractivity contribution in [2.24, 2.45) is 0 Å². The van der Waals surface area contributed by atoms with Gasteiger partial charge in [0.1, 0.15) is 4.90 Å². The zero-order valence-corrected chi connectivity index (χ0v) is 13.3. The standard InChI is InChI=1S/C10H10Cl2O6S2/c1-19(15,16)7-3-2-6(10(13)14)8(12)9(7)20(17,18)5-4-11/h2-3H,4-5H2,1H3,(H,13,14). The van der Waals surface area contributed by atoms with Crippen LogP contribution in [0.25, 0.3) is 0 Å². The lowest BCUT2D eigenvalue weighted by molar-refractivity contribution is 0.0696. The molecule has 0 heterocycles. The van der Waals surface area contributed by atoms with E-state index >= 15 is 0 Å². The second-order valence-electron chi connectivity index (χ2n) is 3.84. The van der Waals surface area contributed by atoms with Crippen LogP contribution in [-0.4, -0.2) is 45.8 Å². The van der Waals surface area contributed by atoms with E-state index in [9.17, 15) is 21.6 Å². The molecule has 0 aliphatic rings. The van der Waals surface area contributed by atoms with Gasteiger partial charge in [-0.2, -0.15) is 0 Å². The first-order valence-corrected chi connectivity index (χ1v) is 9.52. The molecule has 10 heteroatoms. The molecule has 0 atom stereocenters. The smallest absolute Gasteiger partial charge is 0.337 e. The van der Waals surface area contributed by atoms with Crippen molar-refractivity contribution in [1.29, 1.82) is 0 Å². The Hall–Kier alpha value is -0.830. The minimum Gasteiger partial charge on any atom is -0.478 e. The molecule has 0 unspecified atom stereocenters. The molecule has 1 rings (SSSR count). The number of carboxylic acid groups (broad SMARTS) is 1. The lowest BCUT2D eigenvalue weighted by atomic mass is 10.2. The average molecular weight is 361 g/mol. The summed E-state index contributed by atoms with van der Waals surface area (Å²) in [4.78, 5) is 9.70. The predicted octanol–water partition coefficient (Wildman–Crippen LogP) is 1.45. The topological polar surface area (TPSA) is 106 Å². The van der Waals surface area contributed by atoms with Crippen molar-refractivity contribution in [2.75, 3.05) is 17.9 Å². The SMILES string of the molecule is CS(=O)(=O)c1ccc(C(=O)O)c(Cl)c1S(=O)(=O)CCCl. The number of rotatable bonds is 5. The van der Waals surface area contributed by atoms with E-state index in [4.69, 9.17) is 28.3 Å². The van der Waals surface area contributed by atoms with Gasteiger partial charge in [-0.05, 0) is 12.1 Å². The molecular weight excluding hydrogens is 351 g/mol. The second kappa shape index (κ2) is 5.88. The fraction of sp³-hybridized carbons (Fsp3) is 0.300. The normalized spacial score (nSPS) is 12.3. The summed E-state index contributed by atoms with van der Waals surface area (Å²) in [6.07, 6.45) is 0.804. The molecule has 0 fully saturated rings. The molecule has 0 saturated carbocycles. The highest BCUT2D eigenvalue weighted by atomic mass is 35.5. The molecule has 0 bridgehead atoms. The molecule has 0 aliphatic carbocycles. The minimum absolute atomic E-state index is 0.279. The molecule has 0 aliphatic heterocycles. The van der Waals surface area contributed by atoms with Gasteiger partial charge in [0.05, 0.1) is 21.2 Å². The van der Waals surface area contributed by atoms with Gasteiger partial charge in [-0.25, -0.2) is 21.6 Å². The Morgan fingerprint density at radius 3 is 2.20 bits per heavy atom. The Labute approximate surface area is 126 Å². The van der Waals surface area contributed by atoms with Gasteiger partial charge in [-0.1, -0.05) is 11.6 Å². The van der Waals surface area contributed by atoms with Crippen LogP contribution in [0.3, 0.4) is 0 Å². The van der Waals surface area contributed by atoms with Crippen LogP contribution in [0.4, 0.5) is 0 Å². The Bertz CT molecular complexity index is 752. The van der Waals surface area contributed by atoms with E-state index in [-0.39, 0.29) is 5.88 Å². The highest BCUT2D eigenvalue weighted by molar-refractivity contribution is 7.94. The van der Waals surface area contributed by atoms with E-state index in [2.05, 4.69) is 0 Å². The third kappa shape index (κ3) is 3.43. The van der Waals surface area contributed by atoms with Gasteiger partial charge in [0, 0.05) is 12.1 Å². The van der Waals surface area contributed by atoms with Crippen LogP contribution >= 0.6 is 23.2 Å². The molecule has 0 aromatic heterocycles. The third-order valence-electron chi connectivity index (χ3n) is 2.35. The summed E-state index contributed by atoms with van der Waals surface area (Å²) in [5, 5.41) is 8.29. The number of carboxylic acids is 1. The Morgan fingerprint density at radius 2 is 1.80 bits per heavy atom. The first-order valence-electron chi connectivity index (χ1n) is 5.07. The van der Waals surface area contributed by atoms with Gasteiger partial charge >= 0.3 is 5.97 Å². The third-order valence-corrected chi connectivity index (χ3v) is 6.32. The number of hydrogen-bond acceptors (Lipinski definition) is 5. The molecule has 112 valence electrons. The van der Waals surface area contributed by atoms with E-state index in [1.54, 1.807) is 0 Å². The van der Waals surface area contributed by atoms with Crippen molar-refractivity contribution in [3.8, 4) is 0 Å². The number of sulfone groups is 2. The van der Waals surface area contributed by atoms with Gasteiger partial charge in [0.15, 0.2) is 19.7 Å². The monoisotopic (exact) mass is 360 g/mol. The van der Waals surface area contributed by atoms with Gasteiger partial charge < -0.3 is 5.11 Å². The summed E-state index contributed by atoms with van der Waals surface area (Å²) >= 11 is 11.1. The predicted molar refractivity (Wildman–Crippen MR) is 74.3 cm³/mol. The van der Waals surface area contributed by atoms with Crippen LogP contribution in [0.15, 0.2) is 21.9 Å². The molecule has 0 saturated heterocycles. The van der Waals surface area contributed by atoms with Crippen LogP contribution in [0.5, 0.6) is 0 Å². The Kier molecular flexibility index (Phi) is 5.07. The Balaban J connectivity index is 3.85. The number of aromatic carboxylic acids is 1. The van der Waals surface area contributed by atoms with E-state index in [1.165, 1.54) is 0 Å². The largest absolute Gasteiger partial charge is 0.478 e. The summed E-state index contributed by atoms with van der Waals surface area (Å²) in [5.41, 5.74) is -0.493. The first kappa shape index (κ1) is 17.2. The van der Waals surface area contributed by atoms with E-state index in [0.29, 0.717) is 0 Å². The summed E-state index contributed by atoms with van der Waals surface area (Å²) in [7, 11) is -8.02. The fourth-order valence-electron chi connectivity index (χ4n) is 1.49. The van der Waals surface area contributed by atoms with E-state index < -0.39 is 51.8 Å². The lowest BCUT2D eigenvalue weighted by Crippen LogP contribution is -2.15. The van der Waals surface area contributed by atoms with Crippen molar-refractivity contribution < 1.29 is 26.7 Å². The molecule has 0 amide bonds. The summed E-state index contributed by atoms with van der Waals surface area (Å²) in [5.74, 6) is -2.30. The van der Waals surface area contributed by atoms with Crippen LogP contribution in [0.1, 0.15) is 10.4 Å². The molecule has 1 aromatic rings. The minimum atomic E-state index is -4.12. The van der Waals surface area contributed by atoms with Crippen LogP contribution in [-0.2, 0) is 19.7 Å². The van der Waals surface area contributed by atoms with Gasteiger partial charge in [-0.3, -0.25) is 0 Å². The van der Waals surface area contributed by atoms with Gasteiger partial charge in [0.2, 0.25) is 0 Å². The van der Waals surface area contributed by atoms with Crippen LogP contribution in [0.2, 0.25) is 5.02 Å². The molecule has 1 N–H and O–H groups in total. The highest BCUT2D eigenvalue weighted by Crippen LogP contribution is 2.32. The second-order valence-corrected chi connectivity index (χ2v) is 8.63. The van der Waals surface area contributed by atoms with E-state index in [1.807, 2.05) is 0 Å². The highest BCUT2D eigenvalue weighted by Gasteiger charge is 2.29. The average Bonchev–Trinajstić information content (AvgIpc) is 2.26. The van der Waals surface area contributed by atoms with Crippen molar-refractivity contribution in [3.05, 3.63) is 22.7 Å². The maximum atomic E-state index is 12.1. The van der Waals surface area contributed by atoms with E-state index in [0.717, 1.165) is 18.4 Å². The zero-order chi connectivity index (χ0) is 15.7. The molecule has 0 spiro atoms. The number of benzene rings is 1. The number of carbonyl (C=O) groups is 1. The van der Waals surface area contributed by atoms with Gasteiger partial charge in [0.25, 0.3) is 0 Å². The van der Waals surface area contributed by atoms with Gasteiger partial charge in [-0.15, -0.1) is 11.6 Å². The van der Waals surface area contributed by atoms with Crippen molar-refractivity contribution in [3.63, 3.8) is 0 Å². The molecule has 6 nitrogen and oxygen atoms in total. The van der Waals surface area contributed by atoms with Crippen molar-refractivity contribution >= 4 is 48.8 Å². The van der Waals surface area contributed by atoms with Crippen LogP contribution < -0.4 is 0 Å². The Morgan fingerprint density at radius 1 is 1.25 bits per heavy atom. The number of halogens is 2. The maximum absolute atomic E-state index is 12.1. The molecule has 0 radical (unpaired) electrons. The summed E-state index contributed by atoms with van der Waals surface area (Å²) < 4.78 is 47.4. The first-order chi connectivity index (χ1) is 9.02. The number of hydrogen-bond donors (Lipinski definition) is 1. The van der Waals surface area contributed by atoms with Crippen molar-refractivity contribution in [2.45, 2.75) is 9.79 Å². The quantitative estimate of drug-likeness (QED) is 0.796. The molecular formula is C10H10Cl2O6S2. The maximum Gasteiger partial charge on any atom is 0.337 e. The zero-order valence-electron chi connectivity index (χ0n) is 10.1.